The summed E-state index contributed by atoms with van der Waals surface area (Å²) in [6.45, 7) is 0.976. The smallest absolute Gasteiger partial charge is 0.233 e. The van der Waals surface area contributed by atoms with Crippen LogP contribution in [0.5, 0.6) is 0 Å². The molecule has 1 aromatic carbocycles. The lowest BCUT2D eigenvalue weighted by atomic mass is 10.2. The van der Waals surface area contributed by atoms with Gasteiger partial charge in [0, 0.05) is 22.5 Å². The molecule has 7 nitrogen and oxygen atoms in total. The van der Waals surface area contributed by atoms with Gasteiger partial charge in [0.05, 0.1) is 18.8 Å². The summed E-state index contributed by atoms with van der Waals surface area (Å²) in [6, 6.07) is 15.2. The van der Waals surface area contributed by atoms with Crippen molar-refractivity contribution >= 4 is 40.6 Å². The van der Waals surface area contributed by atoms with Crippen LogP contribution in [0, 0.1) is 0 Å². The predicted molar refractivity (Wildman–Crippen MR) is 118 cm³/mol. The first kappa shape index (κ1) is 20.6. The van der Waals surface area contributed by atoms with Crippen LogP contribution in [0.2, 0.25) is 5.02 Å². The van der Waals surface area contributed by atoms with Crippen LogP contribution in [-0.4, -0.2) is 43.8 Å². The molecule has 3 heterocycles. The topological polar surface area (TPSA) is 77.1 Å². The van der Waals surface area contributed by atoms with Gasteiger partial charge < -0.3 is 9.32 Å². The number of carbonyl (C=O) groups is 1. The fraction of sp³-hybridized carbons (Fsp3) is 0.200. The minimum Gasteiger partial charge on any atom is -0.459 e. The van der Waals surface area contributed by atoms with Crippen molar-refractivity contribution in [2.75, 3.05) is 12.8 Å². The largest absolute Gasteiger partial charge is 0.459 e. The summed E-state index contributed by atoms with van der Waals surface area (Å²) in [4.78, 5) is 15.3. The molecule has 0 atom stereocenters. The first-order chi connectivity index (χ1) is 14.6. The number of tetrazole rings is 1. The number of thioether (sulfide) groups is 1. The van der Waals surface area contributed by atoms with E-state index in [1.165, 1.54) is 11.8 Å². The minimum atomic E-state index is -0.0323. The fourth-order valence-electron chi connectivity index (χ4n) is 2.74. The maximum absolute atomic E-state index is 12.6. The van der Waals surface area contributed by atoms with Crippen LogP contribution in [0.25, 0.3) is 11.3 Å². The lowest BCUT2D eigenvalue weighted by Crippen LogP contribution is -2.27. The summed E-state index contributed by atoms with van der Waals surface area (Å²) in [5.41, 5.74) is 0.938. The molecule has 4 rings (SSSR count). The summed E-state index contributed by atoms with van der Waals surface area (Å²) >= 11 is 8.90. The van der Waals surface area contributed by atoms with Gasteiger partial charge >= 0.3 is 0 Å². The fourth-order valence-corrected chi connectivity index (χ4v) is 4.37. The SMILES string of the molecule is CN(Cc1ccc(-c2ccc(Cl)cc2)o1)C(=O)CSc1nnnn1Cc1cccs1. The highest BCUT2D eigenvalue weighted by atomic mass is 35.5. The summed E-state index contributed by atoms with van der Waals surface area (Å²) in [6.07, 6.45) is 0. The van der Waals surface area contributed by atoms with Crippen molar-refractivity contribution in [1.82, 2.24) is 25.1 Å². The molecule has 0 saturated heterocycles. The maximum Gasteiger partial charge on any atom is 0.233 e. The van der Waals surface area contributed by atoms with Crippen LogP contribution in [0.4, 0.5) is 0 Å². The molecule has 10 heteroatoms. The molecule has 0 radical (unpaired) electrons. The van der Waals surface area contributed by atoms with Gasteiger partial charge in [-0.15, -0.1) is 16.4 Å². The molecule has 0 spiro atoms. The molecule has 0 fully saturated rings. The number of hydrogen-bond donors (Lipinski definition) is 0. The standard InChI is InChI=1S/C20H18ClN5O2S2/c1-25(11-16-8-9-18(28-16)14-4-6-15(21)7-5-14)19(27)13-30-20-22-23-24-26(20)12-17-3-2-10-29-17/h2-10H,11-13H2,1H3. The Morgan fingerprint density at radius 3 is 2.83 bits per heavy atom. The summed E-state index contributed by atoms with van der Waals surface area (Å²) < 4.78 is 7.58. The number of amides is 1. The third-order valence-electron chi connectivity index (χ3n) is 4.32. The zero-order valence-electron chi connectivity index (χ0n) is 16.1. The van der Waals surface area contributed by atoms with Crippen molar-refractivity contribution in [2.45, 2.75) is 18.2 Å². The highest BCUT2D eigenvalue weighted by molar-refractivity contribution is 7.99. The van der Waals surface area contributed by atoms with Crippen molar-refractivity contribution in [3.05, 3.63) is 69.6 Å². The first-order valence-electron chi connectivity index (χ1n) is 9.08. The van der Waals surface area contributed by atoms with Crippen molar-refractivity contribution in [2.24, 2.45) is 0 Å². The normalized spacial score (nSPS) is 11.0. The molecule has 0 aliphatic carbocycles. The molecule has 0 saturated carbocycles. The van der Waals surface area contributed by atoms with E-state index in [0.29, 0.717) is 29.0 Å². The van der Waals surface area contributed by atoms with Crippen LogP contribution >= 0.6 is 34.7 Å². The molecule has 3 aromatic heterocycles. The number of aromatic nitrogens is 4. The van der Waals surface area contributed by atoms with Gasteiger partial charge in [0.15, 0.2) is 0 Å². The maximum atomic E-state index is 12.6. The summed E-state index contributed by atoms with van der Waals surface area (Å²) in [7, 11) is 1.75. The van der Waals surface area contributed by atoms with Gasteiger partial charge in [-0.05, 0) is 58.3 Å². The van der Waals surface area contributed by atoms with Gasteiger partial charge in [-0.3, -0.25) is 4.79 Å². The lowest BCUT2D eigenvalue weighted by Gasteiger charge is -2.15. The van der Waals surface area contributed by atoms with Gasteiger partial charge in [-0.2, -0.15) is 0 Å². The van der Waals surface area contributed by atoms with E-state index in [1.54, 1.807) is 28.0 Å². The lowest BCUT2D eigenvalue weighted by molar-refractivity contribution is -0.127. The van der Waals surface area contributed by atoms with Gasteiger partial charge in [-0.1, -0.05) is 29.4 Å². The highest BCUT2D eigenvalue weighted by Crippen LogP contribution is 2.24. The van der Waals surface area contributed by atoms with Crippen molar-refractivity contribution < 1.29 is 9.21 Å². The second-order valence-electron chi connectivity index (χ2n) is 6.51. The summed E-state index contributed by atoms with van der Waals surface area (Å²) in [5.74, 6) is 1.66. The van der Waals surface area contributed by atoms with Crippen molar-refractivity contribution in [3.63, 3.8) is 0 Å². The van der Waals surface area contributed by atoms with E-state index < -0.39 is 0 Å². The van der Waals surface area contributed by atoms with Gasteiger partial charge in [0.25, 0.3) is 0 Å². The molecule has 0 unspecified atom stereocenters. The Morgan fingerprint density at radius 1 is 1.23 bits per heavy atom. The predicted octanol–water partition coefficient (Wildman–Crippen LogP) is 4.45. The van der Waals surface area contributed by atoms with Crippen LogP contribution in [0.15, 0.2) is 63.5 Å². The van der Waals surface area contributed by atoms with Crippen LogP contribution < -0.4 is 0 Å². The van der Waals surface area contributed by atoms with Crippen LogP contribution in [-0.2, 0) is 17.9 Å². The Labute approximate surface area is 186 Å². The summed E-state index contributed by atoms with van der Waals surface area (Å²) in [5, 5.41) is 15.1. The minimum absolute atomic E-state index is 0.0323. The van der Waals surface area contributed by atoms with Crippen molar-refractivity contribution in [3.8, 4) is 11.3 Å². The van der Waals surface area contributed by atoms with Crippen LogP contribution in [0.3, 0.4) is 0 Å². The molecular weight excluding hydrogens is 442 g/mol. The number of rotatable bonds is 8. The Bertz CT molecular complexity index is 1110. The van der Waals surface area contributed by atoms with E-state index >= 15 is 0 Å². The number of carbonyl (C=O) groups excluding carboxylic acids is 1. The highest BCUT2D eigenvalue weighted by Gasteiger charge is 2.15. The number of halogens is 1. The van der Waals surface area contributed by atoms with Gasteiger partial charge in [0.2, 0.25) is 11.1 Å². The van der Waals surface area contributed by atoms with E-state index in [9.17, 15) is 4.79 Å². The van der Waals surface area contributed by atoms with E-state index in [0.717, 1.165) is 16.2 Å². The number of benzene rings is 1. The number of furan rings is 1. The Morgan fingerprint density at radius 2 is 2.07 bits per heavy atom. The van der Waals surface area contributed by atoms with Crippen LogP contribution in [0.1, 0.15) is 10.6 Å². The Kier molecular flexibility index (Phi) is 6.51. The van der Waals surface area contributed by atoms with E-state index in [1.807, 2.05) is 53.9 Å². The van der Waals surface area contributed by atoms with Gasteiger partial charge in [-0.25, -0.2) is 4.68 Å². The average molecular weight is 460 g/mol. The van der Waals surface area contributed by atoms with Crippen molar-refractivity contribution in [1.29, 1.82) is 0 Å². The molecule has 0 aliphatic rings. The quantitative estimate of drug-likeness (QED) is 0.362. The second kappa shape index (κ2) is 9.46. The molecule has 0 bridgehead atoms. The molecule has 1 amide bonds. The zero-order valence-corrected chi connectivity index (χ0v) is 18.5. The second-order valence-corrected chi connectivity index (χ2v) is 8.92. The number of hydrogen-bond acceptors (Lipinski definition) is 7. The molecule has 154 valence electrons. The third kappa shape index (κ3) is 5.10. The molecule has 0 N–H and O–H groups in total. The average Bonchev–Trinajstić information content (AvgIpc) is 3.50. The van der Waals surface area contributed by atoms with Gasteiger partial charge in [0.1, 0.15) is 11.5 Å². The Hall–Kier alpha value is -2.62. The Balaban J connectivity index is 1.32. The third-order valence-corrected chi connectivity index (χ3v) is 6.37. The first-order valence-corrected chi connectivity index (χ1v) is 11.3. The zero-order chi connectivity index (χ0) is 20.9. The number of thiophene rings is 1. The molecule has 4 aromatic rings. The van der Waals surface area contributed by atoms with E-state index in [-0.39, 0.29) is 11.7 Å². The van der Waals surface area contributed by atoms with E-state index in [4.69, 9.17) is 16.0 Å². The molecular formula is C20H18ClN5O2S2. The monoisotopic (exact) mass is 459 g/mol. The molecule has 30 heavy (non-hydrogen) atoms. The number of nitrogens with zero attached hydrogens (tertiary/aromatic N) is 5. The molecule has 0 aliphatic heterocycles. The van der Waals surface area contributed by atoms with E-state index in [2.05, 4.69) is 15.5 Å².